The molecule has 2 heterocycles. The van der Waals surface area contributed by atoms with E-state index in [9.17, 15) is 4.79 Å². The lowest BCUT2D eigenvalue weighted by molar-refractivity contribution is 0.0689. The molecule has 1 aromatic heterocycles. The van der Waals surface area contributed by atoms with Crippen molar-refractivity contribution >= 4 is 23.3 Å². The Morgan fingerprint density at radius 1 is 1.29 bits per heavy atom. The first kappa shape index (κ1) is 14.6. The summed E-state index contributed by atoms with van der Waals surface area (Å²) in [5, 5.41) is 3.32. The number of hydrogen-bond donors (Lipinski definition) is 1. The molecule has 0 aromatic carbocycles. The van der Waals surface area contributed by atoms with Gasteiger partial charge in [-0.15, -0.1) is 0 Å². The molecule has 1 aliphatic heterocycles. The number of amides is 1. The predicted octanol–water partition coefficient (Wildman–Crippen LogP) is 3.57. The Labute approximate surface area is 130 Å². The predicted molar refractivity (Wildman–Crippen MR) is 84.8 cm³/mol. The van der Waals surface area contributed by atoms with Crippen molar-refractivity contribution in [2.24, 2.45) is 5.92 Å². The Morgan fingerprint density at radius 2 is 2.05 bits per heavy atom. The number of hydrogen-bond acceptors (Lipinski definition) is 3. The normalized spacial score (nSPS) is 22.8. The number of nitrogens with one attached hydrogen (secondary N) is 1. The van der Waals surface area contributed by atoms with E-state index in [1.165, 1.54) is 25.7 Å². The van der Waals surface area contributed by atoms with Crippen LogP contribution in [0, 0.1) is 5.92 Å². The summed E-state index contributed by atoms with van der Waals surface area (Å²) in [6.07, 6.45) is 7.43. The Balaban J connectivity index is 1.81. The maximum Gasteiger partial charge on any atom is 0.254 e. The number of anilines is 1. The van der Waals surface area contributed by atoms with E-state index >= 15 is 0 Å². The van der Waals surface area contributed by atoms with Crippen LogP contribution in [0.5, 0.6) is 0 Å². The second-order valence-electron chi connectivity index (χ2n) is 6.07. The van der Waals surface area contributed by atoms with Crippen molar-refractivity contribution in [2.45, 2.75) is 44.6 Å². The minimum atomic E-state index is 0.102. The third-order valence-electron chi connectivity index (χ3n) is 4.80. The largest absolute Gasteiger partial charge is 0.373 e. The molecule has 2 fully saturated rings. The van der Waals surface area contributed by atoms with E-state index in [4.69, 9.17) is 11.6 Å². The van der Waals surface area contributed by atoms with Crippen LogP contribution in [0.3, 0.4) is 0 Å². The average molecular weight is 308 g/mol. The van der Waals surface area contributed by atoms with E-state index in [0.717, 1.165) is 19.4 Å². The maximum atomic E-state index is 12.8. The summed E-state index contributed by atoms with van der Waals surface area (Å²) in [5.41, 5.74) is 0.643. The number of nitrogens with zero attached hydrogens (tertiary/aromatic N) is 2. The molecule has 1 aromatic rings. The van der Waals surface area contributed by atoms with E-state index in [2.05, 4.69) is 15.2 Å². The molecule has 114 valence electrons. The lowest BCUT2D eigenvalue weighted by Crippen LogP contribution is -2.39. The summed E-state index contributed by atoms with van der Waals surface area (Å²) in [6.45, 7) is 0.870. The smallest absolute Gasteiger partial charge is 0.254 e. The molecule has 4 nitrogen and oxygen atoms in total. The van der Waals surface area contributed by atoms with Crippen LogP contribution in [-0.4, -0.2) is 35.4 Å². The van der Waals surface area contributed by atoms with Gasteiger partial charge in [0.2, 0.25) is 0 Å². The Hall–Kier alpha value is -1.29. The summed E-state index contributed by atoms with van der Waals surface area (Å²) in [4.78, 5) is 19.1. The lowest BCUT2D eigenvalue weighted by atomic mass is 9.95. The van der Waals surface area contributed by atoms with Crippen molar-refractivity contribution in [3.8, 4) is 0 Å². The van der Waals surface area contributed by atoms with Crippen molar-refractivity contribution in [1.82, 2.24) is 9.88 Å². The highest BCUT2D eigenvalue weighted by atomic mass is 35.5. The Bertz CT molecular complexity index is 528. The number of halogens is 1. The van der Waals surface area contributed by atoms with E-state index in [1.54, 1.807) is 19.2 Å². The average Bonchev–Trinajstić information content (AvgIpc) is 3.16. The van der Waals surface area contributed by atoms with Gasteiger partial charge in [0.05, 0.1) is 0 Å². The first-order chi connectivity index (χ1) is 10.2. The van der Waals surface area contributed by atoms with Crippen molar-refractivity contribution in [3.63, 3.8) is 0 Å². The molecule has 0 bridgehead atoms. The molecule has 0 spiro atoms. The number of pyridine rings is 1. The molecule has 1 saturated heterocycles. The highest BCUT2D eigenvalue weighted by Crippen LogP contribution is 2.36. The summed E-state index contributed by atoms with van der Waals surface area (Å²) in [7, 11) is 1.78. The molecule has 1 saturated carbocycles. The van der Waals surface area contributed by atoms with Crippen LogP contribution in [0.25, 0.3) is 0 Å². The maximum absolute atomic E-state index is 12.8. The first-order valence-electron chi connectivity index (χ1n) is 7.85. The van der Waals surface area contributed by atoms with Crippen LogP contribution in [0.2, 0.25) is 5.15 Å². The van der Waals surface area contributed by atoms with Gasteiger partial charge in [-0.3, -0.25) is 4.79 Å². The van der Waals surface area contributed by atoms with Gasteiger partial charge in [0.1, 0.15) is 11.0 Å². The van der Waals surface area contributed by atoms with Gasteiger partial charge in [-0.05, 0) is 43.7 Å². The summed E-state index contributed by atoms with van der Waals surface area (Å²) < 4.78 is 0. The first-order valence-corrected chi connectivity index (χ1v) is 8.23. The molecule has 3 rings (SSSR count). The highest BCUT2D eigenvalue weighted by Gasteiger charge is 2.36. The van der Waals surface area contributed by atoms with E-state index in [-0.39, 0.29) is 5.91 Å². The second kappa shape index (κ2) is 6.22. The number of rotatable bonds is 3. The number of likely N-dealkylation sites (tertiary alicyclic amines) is 1. The van der Waals surface area contributed by atoms with Crippen molar-refractivity contribution < 1.29 is 4.79 Å². The van der Waals surface area contributed by atoms with Gasteiger partial charge in [0.25, 0.3) is 5.91 Å². The van der Waals surface area contributed by atoms with Crippen molar-refractivity contribution in [1.29, 1.82) is 0 Å². The molecule has 1 amide bonds. The van der Waals surface area contributed by atoms with Gasteiger partial charge in [0, 0.05) is 25.2 Å². The third-order valence-corrected chi connectivity index (χ3v) is 4.99. The van der Waals surface area contributed by atoms with E-state index in [1.807, 2.05) is 0 Å². The summed E-state index contributed by atoms with van der Waals surface area (Å²) in [6, 6.07) is 3.89. The van der Waals surface area contributed by atoms with Gasteiger partial charge in [0.15, 0.2) is 0 Å². The SMILES string of the molecule is CNc1cc(C(=O)N2CCC[C@@H]2C2CCCC2)cc(Cl)n1. The monoisotopic (exact) mass is 307 g/mol. The fourth-order valence-electron chi connectivity index (χ4n) is 3.79. The third kappa shape index (κ3) is 3.00. The molecular weight excluding hydrogens is 286 g/mol. The zero-order valence-electron chi connectivity index (χ0n) is 12.4. The summed E-state index contributed by atoms with van der Waals surface area (Å²) >= 11 is 6.02. The molecule has 2 aliphatic rings. The number of aromatic nitrogens is 1. The fourth-order valence-corrected chi connectivity index (χ4v) is 4.00. The number of carbonyl (C=O) groups is 1. The van der Waals surface area contributed by atoms with Gasteiger partial charge in [-0.2, -0.15) is 0 Å². The zero-order chi connectivity index (χ0) is 14.8. The minimum Gasteiger partial charge on any atom is -0.373 e. The van der Waals surface area contributed by atoms with Gasteiger partial charge >= 0.3 is 0 Å². The highest BCUT2D eigenvalue weighted by molar-refractivity contribution is 6.29. The molecule has 1 N–H and O–H groups in total. The van der Waals surface area contributed by atoms with Crippen LogP contribution in [0.1, 0.15) is 48.9 Å². The lowest BCUT2D eigenvalue weighted by Gasteiger charge is -2.29. The van der Waals surface area contributed by atoms with E-state index in [0.29, 0.717) is 28.5 Å². The van der Waals surface area contributed by atoms with Crippen LogP contribution in [0.15, 0.2) is 12.1 Å². The van der Waals surface area contributed by atoms with Crippen molar-refractivity contribution in [2.75, 3.05) is 18.9 Å². The molecular formula is C16H22ClN3O. The van der Waals surface area contributed by atoms with E-state index < -0.39 is 0 Å². The second-order valence-corrected chi connectivity index (χ2v) is 6.45. The van der Waals surface area contributed by atoms with Crippen LogP contribution >= 0.6 is 11.6 Å². The molecule has 1 atom stereocenters. The Kier molecular flexibility index (Phi) is 4.34. The van der Waals surface area contributed by atoms with Gasteiger partial charge in [-0.1, -0.05) is 24.4 Å². The van der Waals surface area contributed by atoms with Crippen LogP contribution in [0.4, 0.5) is 5.82 Å². The molecule has 21 heavy (non-hydrogen) atoms. The quantitative estimate of drug-likeness (QED) is 0.868. The van der Waals surface area contributed by atoms with Gasteiger partial charge < -0.3 is 10.2 Å². The Morgan fingerprint density at radius 3 is 2.76 bits per heavy atom. The molecule has 1 aliphatic carbocycles. The van der Waals surface area contributed by atoms with Crippen LogP contribution < -0.4 is 5.32 Å². The van der Waals surface area contributed by atoms with Crippen molar-refractivity contribution in [3.05, 3.63) is 22.8 Å². The topological polar surface area (TPSA) is 45.2 Å². The zero-order valence-corrected chi connectivity index (χ0v) is 13.2. The minimum absolute atomic E-state index is 0.102. The molecule has 5 heteroatoms. The molecule has 0 radical (unpaired) electrons. The summed E-state index contributed by atoms with van der Waals surface area (Å²) in [5.74, 6) is 1.44. The van der Waals surface area contributed by atoms with Gasteiger partial charge in [-0.25, -0.2) is 4.98 Å². The standard InChI is InChI=1S/C16H22ClN3O/c1-18-15-10-12(9-14(17)19-15)16(21)20-8-4-7-13(20)11-5-2-3-6-11/h9-11,13H,2-8H2,1H3,(H,18,19)/t13-/m1/s1. The number of carbonyl (C=O) groups excluding carboxylic acids is 1. The molecule has 0 unspecified atom stereocenters. The van der Waals surface area contributed by atoms with Crippen LogP contribution in [-0.2, 0) is 0 Å². The fraction of sp³-hybridized carbons (Fsp3) is 0.625.